The van der Waals surface area contributed by atoms with Gasteiger partial charge in [-0.15, -0.1) is 0 Å². The summed E-state index contributed by atoms with van der Waals surface area (Å²) < 4.78 is 0. The summed E-state index contributed by atoms with van der Waals surface area (Å²) >= 11 is 11.8. The van der Waals surface area contributed by atoms with E-state index in [1.807, 2.05) is 0 Å². The molecule has 1 aromatic heterocycles. The summed E-state index contributed by atoms with van der Waals surface area (Å²) in [6.45, 7) is 0. The van der Waals surface area contributed by atoms with Crippen LogP contribution in [0.5, 0.6) is 0 Å². The maximum atomic E-state index is 10.6. The van der Waals surface area contributed by atoms with Crippen LogP contribution in [-0.2, 0) is 0 Å². The third kappa shape index (κ3) is 2.54. The predicted octanol–water partition coefficient (Wildman–Crippen LogP) is 3.15. The van der Waals surface area contributed by atoms with Crippen LogP contribution in [0.25, 0.3) is 11.3 Å². The Morgan fingerprint density at radius 2 is 1.94 bits per heavy atom. The van der Waals surface area contributed by atoms with Crippen molar-refractivity contribution in [1.29, 1.82) is 0 Å². The Balaban J connectivity index is 2.43. The second-order valence-corrected chi connectivity index (χ2v) is 4.06. The Kier molecular flexibility index (Phi) is 3.26. The number of nitrogens with zero attached hydrogens (tertiary/aromatic N) is 2. The van der Waals surface area contributed by atoms with E-state index < -0.39 is 5.97 Å². The van der Waals surface area contributed by atoms with Crippen LogP contribution in [0.1, 0.15) is 10.5 Å². The Morgan fingerprint density at radius 3 is 2.47 bits per heavy atom. The highest BCUT2D eigenvalue weighted by atomic mass is 35.5. The zero-order valence-corrected chi connectivity index (χ0v) is 9.90. The molecular formula is C11H6Cl2N2O2. The lowest BCUT2D eigenvalue weighted by atomic mass is 10.1. The first kappa shape index (κ1) is 11.8. The molecule has 0 aliphatic rings. The Bertz CT molecular complexity index is 570. The smallest absolute Gasteiger partial charge is 0.356 e. The topological polar surface area (TPSA) is 63.1 Å². The van der Waals surface area contributed by atoms with Crippen molar-refractivity contribution >= 4 is 29.2 Å². The maximum Gasteiger partial charge on any atom is 0.356 e. The van der Waals surface area contributed by atoms with Gasteiger partial charge in [-0.25, -0.2) is 9.78 Å². The summed E-state index contributed by atoms with van der Waals surface area (Å²) in [6.07, 6.45) is 2.54. The van der Waals surface area contributed by atoms with Crippen molar-refractivity contribution in [3.8, 4) is 11.3 Å². The summed E-state index contributed by atoms with van der Waals surface area (Å²) in [6, 6.07) is 4.97. The maximum absolute atomic E-state index is 10.6. The minimum atomic E-state index is -1.12. The average Bonchev–Trinajstić information content (AvgIpc) is 2.29. The summed E-state index contributed by atoms with van der Waals surface area (Å²) in [4.78, 5) is 18.4. The lowest BCUT2D eigenvalue weighted by molar-refractivity contribution is 0.0690. The molecule has 2 aromatic rings. The van der Waals surface area contributed by atoms with E-state index in [1.54, 1.807) is 18.2 Å². The van der Waals surface area contributed by atoms with Crippen molar-refractivity contribution in [1.82, 2.24) is 9.97 Å². The van der Waals surface area contributed by atoms with Gasteiger partial charge in [-0.05, 0) is 18.2 Å². The molecule has 6 heteroatoms. The predicted molar refractivity (Wildman–Crippen MR) is 64.4 cm³/mol. The minimum absolute atomic E-state index is 0.112. The van der Waals surface area contributed by atoms with Crippen molar-refractivity contribution in [2.45, 2.75) is 0 Å². The molecular weight excluding hydrogens is 263 g/mol. The van der Waals surface area contributed by atoms with Gasteiger partial charge < -0.3 is 5.11 Å². The molecule has 2 rings (SSSR count). The number of rotatable bonds is 2. The zero-order valence-electron chi connectivity index (χ0n) is 8.39. The van der Waals surface area contributed by atoms with E-state index >= 15 is 0 Å². The highest BCUT2D eigenvalue weighted by Crippen LogP contribution is 2.28. The molecule has 0 fully saturated rings. The standard InChI is InChI=1S/C11H6Cl2N2O2/c12-6-1-2-7(8(13)3-6)9-4-15-10(5-14-9)11(16)17/h1-5H,(H,16,17). The number of hydrogen-bond donors (Lipinski definition) is 1. The number of halogens is 2. The van der Waals surface area contributed by atoms with Gasteiger partial charge in [0.05, 0.1) is 23.1 Å². The van der Waals surface area contributed by atoms with Gasteiger partial charge in [0.15, 0.2) is 5.69 Å². The van der Waals surface area contributed by atoms with Crippen LogP contribution in [0.3, 0.4) is 0 Å². The highest BCUT2D eigenvalue weighted by molar-refractivity contribution is 6.36. The number of benzene rings is 1. The molecule has 0 spiro atoms. The third-order valence-electron chi connectivity index (χ3n) is 2.08. The van der Waals surface area contributed by atoms with Crippen LogP contribution in [0.2, 0.25) is 10.0 Å². The van der Waals surface area contributed by atoms with Crippen molar-refractivity contribution in [3.05, 3.63) is 46.3 Å². The molecule has 0 saturated heterocycles. The van der Waals surface area contributed by atoms with E-state index in [4.69, 9.17) is 28.3 Å². The van der Waals surface area contributed by atoms with Crippen molar-refractivity contribution in [2.75, 3.05) is 0 Å². The molecule has 86 valence electrons. The fraction of sp³-hybridized carbons (Fsp3) is 0. The van der Waals surface area contributed by atoms with E-state index in [9.17, 15) is 4.79 Å². The SMILES string of the molecule is O=C(O)c1cnc(-c2ccc(Cl)cc2Cl)cn1. The normalized spacial score (nSPS) is 10.2. The Labute approximate surface area is 107 Å². The highest BCUT2D eigenvalue weighted by Gasteiger charge is 2.08. The summed E-state index contributed by atoms with van der Waals surface area (Å²) in [7, 11) is 0. The number of carboxylic acids is 1. The molecule has 4 nitrogen and oxygen atoms in total. The van der Waals surface area contributed by atoms with Crippen LogP contribution >= 0.6 is 23.2 Å². The molecule has 0 saturated carbocycles. The fourth-order valence-corrected chi connectivity index (χ4v) is 1.78. The van der Waals surface area contributed by atoms with E-state index in [1.165, 1.54) is 12.4 Å². The Hall–Kier alpha value is -1.65. The third-order valence-corrected chi connectivity index (χ3v) is 2.63. The number of hydrogen-bond acceptors (Lipinski definition) is 3. The monoisotopic (exact) mass is 268 g/mol. The lowest BCUT2D eigenvalue weighted by Gasteiger charge is -2.03. The number of aromatic nitrogens is 2. The van der Waals surface area contributed by atoms with Gasteiger partial charge >= 0.3 is 5.97 Å². The molecule has 0 unspecified atom stereocenters. The molecule has 1 aromatic carbocycles. The molecule has 0 radical (unpaired) electrons. The first-order valence-electron chi connectivity index (χ1n) is 4.58. The number of carbonyl (C=O) groups is 1. The molecule has 0 atom stereocenters. The number of carboxylic acid groups (broad SMARTS) is 1. The minimum Gasteiger partial charge on any atom is -0.476 e. The van der Waals surface area contributed by atoms with Crippen molar-refractivity contribution in [2.24, 2.45) is 0 Å². The number of aromatic carboxylic acids is 1. The van der Waals surface area contributed by atoms with Gasteiger partial charge in [0.25, 0.3) is 0 Å². The quantitative estimate of drug-likeness (QED) is 0.909. The first-order chi connectivity index (χ1) is 8.08. The molecule has 17 heavy (non-hydrogen) atoms. The van der Waals surface area contributed by atoms with Gasteiger partial charge in [0.2, 0.25) is 0 Å². The molecule has 0 amide bonds. The zero-order chi connectivity index (χ0) is 12.4. The average molecular weight is 269 g/mol. The summed E-state index contributed by atoms with van der Waals surface area (Å²) in [5.74, 6) is -1.12. The van der Waals surface area contributed by atoms with Crippen LogP contribution in [0, 0.1) is 0 Å². The van der Waals surface area contributed by atoms with Gasteiger partial charge in [0, 0.05) is 10.6 Å². The van der Waals surface area contributed by atoms with E-state index in [0.29, 0.717) is 21.3 Å². The van der Waals surface area contributed by atoms with Crippen LogP contribution in [0.4, 0.5) is 0 Å². The van der Waals surface area contributed by atoms with Crippen LogP contribution in [-0.4, -0.2) is 21.0 Å². The molecule has 1 heterocycles. The molecule has 0 aliphatic heterocycles. The van der Waals surface area contributed by atoms with Gasteiger partial charge in [0.1, 0.15) is 0 Å². The second kappa shape index (κ2) is 4.69. The Morgan fingerprint density at radius 1 is 1.18 bits per heavy atom. The summed E-state index contributed by atoms with van der Waals surface area (Å²) in [5.41, 5.74) is 1.04. The van der Waals surface area contributed by atoms with E-state index in [2.05, 4.69) is 9.97 Å². The van der Waals surface area contributed by atoms with Gasteiger partial charge in [-0.3, -0.25) is 4.98 Å². The van der Waals surface area contributed by atoms with Crippen molar-refractivity contribution < 1.29 is 9.90 Å². The first-order valence-corrected chi connectivity index (χ1v) is 5.34. The molecule has 0 bridgehead atoms. The van der Waals surface area contributed by atoms with E-state index in [-0.39, 0.29) is 5.69 Å². The molecule has 0 aliphatic carbocycles. The molecule has 1 N–H and O–H groups in total. The summed E-state index contributed by atoms with van der Waals surface area (Å²) in [5, 5.41) is 9.65. The lowest BCUT2D eigenvalue weighted by Crippen LogP contribution is -2.01. The van der Waals surface area contributed by atoms with Gasteiger partial charge in [-0.1, -0.05) is 23.2 Å². The fourth-order valence-electron chi connectivity index (χ4n) is 1.27. The van der Waals surface area contributed by atoms with E-state index in [0.717, 1.165) is 0 Å². The van der Waals surface area contributed by atoms with Crippen LogP contribution < -0.4 is 0 Å². The van der Waals surface area contributed by atoms with Crippen LogP contribution in [0.15, 0.2) is 30.6 Å². The second-order valence-electron chi connectivity index (χ2n) is 3.22. The van der Waals surface area contributed by atoms with Gasteiger partial charge in [-0.2, -0.15) is 0 Å². The largest absolute Gasteiger partial charge is 0.476 e. The van der Waals surface area contributed by atoms with Crippen molar-refractivity contribution in [3.63, 3.8) is 0 Å².